The molecule has 0 bridgehead atoms. The Morgan fingerprint density at radius 1 is 1.32 bits per heavy atom. The minimum absolute atomic E-state index is 0.168. The van der Waals surface area contributed by atoms with Crippen molar-refractivity contribution in [2.45, 2.75) is 44.8 Å². The maximum absolute atomic E-state index is 11.7. The smallest absolute Gasteiger partial charge is 0.303 e. The first kappa shape index (κ1) is 19.7. The summed E-state index contributed by atoms with van der Waals surface area (Å²) in [5, 5.41) is 0. The molecular weight excluding hydrogens is 346 g/mol. The Hall–Kier alpha value is -1.63. The highest BCUT2D eigenvalue weighted by atomic mass is 35.5. The summed E-state index contributed by atoms with van der Waals surface area (Å²) in [5.74, 6) is -0.439. The molecule has 2 rings (SSSR count). The van der Waals surface area contributed by atoms with Crippen molar-refractivity contribution in [2.75, 3.05) is 19.5 Å². The van der Waals surface area contributed by atoms with Crippen LogP contribution in [0.4, 0.5) is 0 Å². The molecule has 6 nitrogen and oxygen atoms in total. The van der Waals surface area contributed by atoms with Crippen LogP contribution in [-0.4, -0.2) is 54.2 Å². The molecule has 0 spiro atoms. The highest BCUT2D eigenvalue weighted by molar-refractivity contribution is 6.18. The number of alkyl halides is 1. The highest BCUT2D eigenvalue weighted by Gasteiger charge is 2.50. The molecule has 1 aliphatic rings. The van der Waals surface area contributed by atoms with Gasteiger partial charge in [-0.25, -0.2) is 0 Å². The number of carbonyl (C=O) groups excluding carboxylic acids is 2. The molecule has 0 N–H and O–H groups in total. The monoisotopic (exact) mass is 369 g/mol. The summed E-state index contributed by atoms with van der Waals surface area (Å²) in [7, 11) is 1.61. The zero-order chi connectivity index (χ0) is 18.4. The summed E-state index contributed by atoms with van der Waals surface area (Å²) in [6.07, 6.45) is -0.890. The lowest BCUT2D eigenvalue weighted by Gasteiger charge is -2.30. The first-order chi connectivity index (χ1) is 11.9. The Bertz CT molecular complexity index is 596. The molecule has 0 radical (unpaired) electrons. The third-order valence-corrected chi connectivity index (χ3v) is 4.67. The fraction of sp³-hybridized carbons (Fsp3) is 0.556. The van der Waals surface area contributed by atoms with Crippen molar-refractivity contribution >= 4 is 23.5 Å². The third kappa shape index (κ3) is 5.17. The standard InChI is InChI=1S/C18H24ClNO5/c1-13(21)20(3)17-16(24-14(2)22)9-18(11-19,25-17)12-23-10-15-7-5-4-6-8-15/h4-8,16-17H,9-12H2,1-3H3/t16-,17-,18-/m1/s1. The van der Waals surface area contributed by atoms with Crippen LogP contribution < -0.4 is 0 Å². The van der Waals surface area contributed by atoms with Crippen molar-refractivity contribution in [3.63, 3.8) is 0 Å². The van der Waals surface area contributed by atoms with E-state index < -0.39 is 23.9 Å². The van der Waals surface area contributed by atoms with Crippen molar-refractivity contribution < 1.29 is 23.8 Å². The van der Waals surface area contributed by atoms with Gasteiger partial charge in [0.05, 0.1) is 19.1 Å². The second kappa shape index (κ2) is 8.65. The number of esters is 1. The van der Waals surface area contributed by atoms with Gasteiger partial charge >= 0.3 is 5.97 Å². The maximum atomic E-state index is 11.7. The molecule has 3 atom stereocenters. The van der Waals surface area contributed by atoms with Gasteiger partial charge in [0, 0.05) is 27.3 Å². The number of hydrogen-bond donors (Lipinski definition) is 0. The molecule has 1 saturated heterocycles. The minimum Gasteiger partial charge on any atom is -0.458 e. The number of rotatable bonds is 7. The molecule has 0 unspecified atom stereocenters. The molecular formula is C18H24ClNO5. The summed E-state index contributed by atoms with van der Waals surface area (Å²) >= 11 is 6.15. The highest BCUT2D eigenvalue weighted by Crippen LogP contribution is 2.35. The third-order valence-electron chi connectivity index (χ3n) is 4.18. The van der Waals surface area contributed by atoms with E-state index in [2.05, 4.69) is 0 Å². The zero-order valence-electron chi connectivity index (χ0n) is 14.7. The molecule has 138 valence electrons. The number of ether oxygens (including phenoxy) is 3. The van der Waals surface area contributed by atoms with Crippen molar-refractivity contribution in [1.29, 1.82) is 0 Å². The average molecular weight is 370 g/mol. The minimum atomic E-state index is -0.815. The number of benzene rings is 1. The van der Waals surface area contributed by atoms with Crippen LogP contribution in [-0.2, 0) is 30.4 Å². The number of hydrogen-bond acceptors (Lipinski definition) is 5. The summed E-state index contributed by atoms with van der Waals surface area (Å²) in [6, 6.07) is 9.76. The Morgan fingerprint density at radius 2 is 2.00 bits per heavy atom. The molecule has 1 heterocycles. The first-order valence-corrected chi connectivity index (χ1v) is 8.66. The molecule has 1 amide bonds. The molecule has 1 aromatic carbocycles. The van der Waals surface area contributed by atoms with E-state index in [9.17, 15) is 9.59 Å². The second-order valence-corrected chi connectivity index (χ2v) is 6.55. The largest absolute Gasteiger partial charge is 0.458 e. The van der Waals surface area contributed by atoms with Crippen LogP contribution in [0.5, 0.6) is 0 Å². The van der Waals surface area contributed by atoms with Gasteiger partial charge in [-0.2, -0.15) is 0 Å². The van der Waals surface area contributed by atoms with Crippen molar-refractivity contribution in [3.05, 3.63) is 35.9 Å². The summed E-state index contributed by atoms with van der Waals surface area (Å²) in [4.78, 5) is 24.5. The summed E-state index contributed by atoms with van der Waals surface area (Å²) < 4.78 is 17.2. The lowest BCUT2D eigenvalue weighted by molar-refractivity contribution is -0.169. The SMILES string of the molecule is CC(=O)O[C@@H]1C[C@@](CCl)(COCc2ccccc2)O[C@H]1N(C)C(C)=O. The van der Waals surface area contributed by atoms with Gasteiger partial charge in [-0.1, -0.05) is 30.3 Å². The summed E-state index contributed by atoms with van der Waals surface area (Å²) in [5.41, 5.74) is 0.226. The van der Waals surface area contributed by atoms with E-state index in [-0.39, 0.29) is 18.4 Å². The normalized spacial score (nSPS) is 25.6. The lowest BCUT2D eigenvalue weighted by Crippen LogP contribution is -2.44. The molecule has 1 aromatic rings. The van der Waals surface area contributed by atoms with Crippen molar-refractivity contribution in [2.24, 2.45) is 0 Å². The van der Waals surface area contributed by atoms with E-state index >= 15 is 0 Å². The van der Waals surface area contributed by atoms with Crippen molar-refractivity contribution in [1.82, 2.24) is 4.90 Å². The Balaban J connectivity index is 2.05. The van der Waals surface area contributed by atoms with E-state index in [1.165, 1.54) is 18.7 Å². The number of halogens is 1. The van der Waals surface area contributed by atoms with Crippen LogP contribution in [0.3, 0.4) is 0 Å². The van der Waals surface area contributed by atoms with Gasteiger partial charge in [-0.05, 0) is 5.56 Å². The molecule has 7 heteroatoms. The Labute approximate surface area is 153 Å². The molecule has 0 aromatic heterocycles. The first-order valence-electron chi connectivity index (χ1n) is 8.13. The summed E-state index contributed by atoms with van der Waals surface area (Å²) in [6.45, 7) is 3.43. The maximum Gasteiger partial charge on any atom is 0.303 e. The fourth-order valence-corrected chi connectivity index (χ4v) is 3.06. The molecule has 0 saturated carbocycles. The van der Waals surface area contributed by atoms with E-state index in [0.717, 1.165) is 5.56 Å². The molecule has 1 fully saturated rings. The average Bonchev–Trinajstić information content (AvgIpc) is 2.93. The Kier molecular flexibility index (Phi) is 6.81. The van der Waals surface area contributed by atoms with Crippen molar-refractivity contribution in [3.8, 4) is 0 Å². The number of likely N-dealkylation sites (N-methyl/N-ethyl adjacent to an activating group) is 1. The Morgan fingerprint density at radius 3 is 2.56 bits per heavy atom. The van der Waals surface area contributed by atoms with Crippen LogP contribution in [0.2, 0.25) is 0 Å². The second-order valence-electron chi connectivity index (χ2n) is 6.29. The zero-order valence-corrected chi connectivity index (χ0v) is 15.5. The van der Waals surface area contributed by atoms with Gasteiger partial charge < -0.3 is 19.1 Å². The topological polar surface area (TPSA) is 65.1 Å². The van der Waals surface area contributed by atoms with Gasteiger partial charge in [0.1, 0.15) is 11.7 Å². The van der Waals surface area contributed by atoms with Gasteiger partial charge in [0.15, 0.2) is 6.23 Å². The predicted octanol–water partition coefficient (Wildman–Crippen LogP) is 2.34. The van der Waals surface area contributed by atoms with E-state index in [1.54, 1.807) is 7.05 Å². The number of amides is 1. The van der Waals surface area contributed by atoms with E-state index in [4.69, 9.17) is 25.8 Å². The van der Waals surface area contributed by atoms with Gasteiger partial charge in [-0.3, -0.25) is 9.59 Å². The van der Waals surface area contributed by atoms with Gasteiger partial charge in [-0.15, -0.1) is 11.6 Å². The molecule has 0 aliphatic carbocycles. The van der Waals surface area contributed by atoms with Crippen LogP contribution in [0, 0.1) is 0 Å². The molecule has 25 heavy (non-hydrogen) atoms. The van der Waals surface area contributed by atoms with E-state index in [1.807, 2.05) is 30.3 Å². The number of carbonyl (C=O) groups is 2. The predicted molar refractivity (Wildman–Crippen MR) is 93.0 cm³/mol. The van der Waals surface area contributed by atoms with E-state index in [0.29, 0.717) is 13.0 Å². The molecule has 1 aliphatic heterocycles. The van der Waals surface area contributed by atoms with Crippen LogP contribution in [0.25, 0.3) is 0 Å². The van der Waals surface area contributed by atoms with Crippen LogP contribution in [0.1, 0.15) is 25.8 Å². The van der Waals surface area contributed by atoms with Crippen LogP contribution >= 0.6 is 11.6 Å². The van der Waals surface area contributed by atoms with Gasteiger partial charge in [0.2, 0.25) is 5.91 Å². The lowest BCUT2D eigenvalue weighted by atomic mass is 10.0. The van der Waals surface area contributed by atoms with Crippen LogP contribution in [0.15, 0.2) is 30.3 Å². The number of nitrogens with zero attached hydrogens (tertiary/aromatic N) is 1. The van der Waals surface area contributed by atoms with Gasteiger partial charge in [0.25, 0.3) is 0 Å². The quantitative estimate of drug-likeness (QED) is 0.545. The fourth-order valence-electron chi connectivity index (χ4n) is 2.81.